The van der Waals surface area contributed by atoms with Crippen LogP contribution in [0.5, 0.6) is 5.75 Å². The lowest BCUT2D eigenvalue weighted by Crippen LogP contribution is -2.26. The Morgan fingerprint density at radius 2 is 1.83 bits per heavy atom. The molecule has 0 fully saturated rings. The molecule has 0 aliphatic rings. The van der Waals surface area contributed by atoms with Crippen molar-refractivity contribution in [1.82, 2.24) is 5.43 Å². The molecule has 0 saturated heterocycles. The van der Waals surface area contributed by atoms with Gasteiger partial charge in [-0.1, -0.05) is 13.8 Å². The first-order valence-electron chi connectivity index (χ1n) is 7.95. The SMILES string of the molecule is CC(=O)CCCOc1ccc(/C(C)=N\NC(=O)CC(C)(C)S)cc1. The van der Waals surface area contributed by atoms with Crippen molar-refractivity contribution >= 4 is 30.0 Å². The van der Waals surface area contributed by atoms with Crippen molar-refractivity contribution in [3.63, 3.8) is 0 Å². The third-order valence-corrected chi connectivity index (χ3v) is 3.31. The summed E-state index contributed by atoms with van der Waals surface area (Å²) < 4.78 is 5.21. The third kappa shape index (κ3) is 8.72. The van der Waals surface area contributed by atoms with Gasteiger partial charge in [0.25, 0.3) is 0 Å². The number of hydrazone groups is 1. The van der Waals surface area contributed by atoms with Gasteiger partial charge in [-0.2, -0.15) is 17.7 Å². The van der Waals surface area contributed by atoms with Crippen LogP contribution in [0.2, 0.25) is 0 Å². The molecule has 1 amide bonds. The Morgan fingerprint density at radius 3 is 2.38 bits per heavy atom. The summed E-state index contributed by atoms with van der Waals surface area (Å²) in [5, 5.41) is 4.11. The summed E-state index contributed by atoms with van der Waals surface area (Å²) >= 11 is 4.32. The minimum Gasteiger partial charge on any atom is -0.494 e. The molecule has 0 bridgehead atoms. The van der Waals surface area contributed by atoms with Crippen molar-refractivity contribution in [2.45, 2.75) is 51.7 Å². The lowest BCUT2D eigenvalue weighted by Gasteiger charge is -2.15. The second-order valence-electron chi connectivity index (χ2n) is 6.40. The van der Waals surface area contributed by atoms with E-state index in [1.165, 1.54) is 0 Å². The first-order chi connectivity index (χ1) is 11.2. The van der Waals surface area contributed by atoms with Crippen molar-refractivity contribution < 1.29 is 14.3 Å². The van der Waals surface area contributed by atoms with Gasteiger partial charge in [0.05, 0.1) is 12.3 Å². The van der Waals surface area contributed by atoms with Gasteiger partial charge < -0.3 is 9.53 Å². The molecule has 0 heterocycles. The zero-order valence-electron chi connectivity index (χ0n) is 14.8. The number of hydrogen-bond donors (Lipinski definition) is 2. The Morgan fingerprint density at radius 1 is 1.21 bits per heavy atom. The van der Waals surface area contributed by atoms with E-state index in [9.17, 15) is 9.59 Å². The largest absolute Gasteiger partial charge is 0.494 e. The number of carbonyl (C=O) groups excluding carboxylic acids is 2. The van der Waals surface area contributed by atoms with Crippen LogP contribution in [0.4, 0.5) is 0 Å². The van der Waals surface area contributed by atoms with Crippen LogP contribution in [-0.4, -0.2) is 28.8 Å². The topological polar surface area (TPSA) is 67.8 Å². The zero-order valence-corrected chi connectivity index (χ0v) is 15.7. The molecule has 0 aliphatic carbocycles. The van der Waals surface area contributed by atoms with Crippen molar-refractivity contribution in [2.24, 2.45) is 5.10 Å². The zero-order chi connectivity index (χ0) is 18.2. The van der Waals surface area contributed by atoms with Crippen LogP contribution in [0, 0.1) is 0 Å². The summed E-state index contributed by atoms with van der Waals surface area (Å²) in [5.41, 5.74) is 4.15. The molecule has 0 saturated carbocycles. The van der Waals surface area contributed by atoms with Crippen molar-refractivity contribution in [1.29, 1.82) is 0 Å². The minimum absolute atomic E-state index is 0.167. The molecule has 24 heavy (non-hydrogen) atoms. The van der Waals surface area contributed by atoms with E-state index in [0.717, 1.165) is 11.3 Å². The third-order valence-electron chi connectivity index (χ3n) is 3.16. The first kappa shape index (κ1) is 20.2. The molecule has 0 radical (unpaired) electrons. The lowest BCUT2D eigenvalue weighted by atomic mass is 10.1. The smallest absolute Gasteiger partial charge is 0.241 e. The Balaban J connectivity index is 2.50. The van der Waals surface area contributed by atoms with Gasteiger partial charge in [0.2, 0.25) is 5.91 Å². The average Bonchev–Trinajstić information content (AvgIpc) is 2.48. The number of amides is 1. The van der Waals surface area contributed by atoms with E-state index in [1.54, 1.807) is 6.92 Å². The molecule has 0 atom stereocenters. The van der Waals surface area contributed by atoms with E-state index in [4.69, 9.17) is 4.74 Å². The average molecular weight is 350 g/mol. The summed E-state index contributed by atoms with van der Waals surface area (Å²) in [6.07, 6.45) is 1.54. The number of carbonyl (C=O) groups is 2. The number of nitrogens with one attached hydrogen (secondary N) is 1. The standard InChI is InChI=1S/C18H26N2O3S/c1-13(21)6-5-11-23-16-9-7-15(8-10-16)14(2)19-20-17(22)12-18(3,4)24/h7-10,24H,5-6,11-12H2,1-4H3,(H,20,22)/b19-14-. The van der Waals surface area contributed by atoms with Gasteiger partial charge in [-0.05, 0) is 50.1 Å². The minimum atomic E-state index is -0.366. The number of ether oxygens (including phenoxy) is 1. The van der Waals surface area contributed by atoms with E-state index < -0.39 is 0 Å². The molecule has 1 aromatic carbocycles. The molecular formula is C18H26N2O3S. The number of thiol groups is 1. The highest BCUT2D eigenvalue weighted by atomic mass is 32.1. The monoisotopic (exact) mass is 350 g/mol. The molecule has 0 spiro atoms. The van der Waals surface area contributed by atoms with Crippen LogP contribution >= 0.6 is 12.6 Å². The Bertz CT molecular complexity index is 589. The normalized spacial score (nSPS) is 12.0. The highest BCUT2D eigenvalue weighted by Crippen LogP contribution is 2.16. The molecule has 6 heteroatoms. The maximum atomic E-state index is 11.7. The van der Waals surface area contributed by atoms with Crippen molar-refractivity contribution in [3.05, 3.63) is 29.8 Å². The van der Waals surface area contributed by atoms with E-state index in [-0.39, 0.29) is 16.4 Å². The fraction of sp³-hybridized carbons (Fsp3) is 0.500. The number of Topliss-reactive ketones (excluding diaryl/α,β-unsaturated/α-hetero) is 1. The van der Waals surface area contributed by atoms with Gasteiger partial charge >= 0.3 is 0 Å². The van der Waals surface area contributed by atoms with Gasteiger partial charge in [0.15, 0.2) is 0 Å². The Hall–Kier alpha value is -1.82. The molecular weight excluding hydrogens is 324 g/mol. The predicted octanol–water partition coefficient (Wildman–Crippen LogP) is 3.37. The number of benzene rings is 1. The first-order valence-corrected chi connectivity index (χ1v) is 8.40. The van der Waals surface area contributed by atoms with Gasteiger partial charge in [0.1, 0.15) is 11.5 Å². The molecule has 0 aliphatic heterocycles. The molecule has 1 rings (SSSR count). The van der Waals surface area contributed by atoms with Crippen molar-refractivity contribution in [3.8, 4) is 5.75 Å². The summed E-state index contributed by atoms with van der Waals surface area (Å²) in [6.45, 7) is 7.67. The van der Waals surface area contributed by atoms with Crippen molar-refractivity contribution in [2.75, 3.05) is 6.61 Å². The predicted molar refractivity (Wildman–Crippen MR) is 99.9 cm³/mol. The van der Waals surface area contributed by atoms with Gasteiger partial charge in [0, 0.05) is 17.6 Å². The molecule has 1 aromatic rings. The summed E-state index contributed by atoms with van der Waals surface area (Å²) in [5.74, 6) is 0.750. The van der Waals surface area contributed by atoms with Crippen LogP contribution in [-0.2, 0) is 9.59 Å². The molecule has 5 nitrogen and oxygen atoms in total. The highest BCUT2D eigenvalue weighted by molar-refractivity contribution is 7.81. The maximum absolute atomic E-state index is 11.7. The number of ketones is 1. The van der Waals surface area contributed by atoms with E-state index in [2.05, 4.69) is 23.2 Å². The summed E-state index contributed by atoms with van der Waals surface area (Å²) in [7, 11) is 0. The van der Waals surface area contributed by atoms with Crippen LogP contribution in [0.1, 0.15) is 52.5 Å². The van der Waals surface area contributed by atoms with Crippen LogP contribution in [0.3, 0.4) is 0 Å². The molecule has 1 N–H and O–H groups in total. The molecule has 0 unspecified atom stereocenters. The fourth-order valence-corrected chi connectivity index (χ4v) is 2.09. The van der Waals surface area contributed by atoms with Gasteiger partial charge in [-0.15, -0.1) is 0 Å². The molecule has 0 aromatic heterocycles. The Kier molecular flexibility index (Phi) is 7.98. The Labute approximate surface area is 149 Å². The van der Waals surface area contributed by atoms with E-state index >= 15 is 0 Å². The van der Waals surface area contributed by atoms with Gasteiger partial charge in [-0.25, -0.2) is 5.43 Å². The second-order valence-corrected chi connectivity index (χ2v) is 7.61. The summed E-state index contributed by atoms with van der Waals surface area (Å²) in [6, 6.07) is 7.46. The molecule has 132 valence electrons. The lowest BCUT2D eigenvalue weighted by molar-refractivity contribution is -0.121. The number of nitrogens with zero attached hydrogens (tertiary/aromatic N) is 1. The number of hydrogen-bond acceptors (Lipinski definition) is 5. The number of rotatable bonds is 9. The van der Waals surface area contributed by atoms with Gasteiger partial charge in [-0.3, -0.25) is 4.79 Å². The van der Waals surface area contributed by atoms with E-state index in [0.29, 0.717) is 31.6 Å². The van der Waals surface area contributed by atoms with Crippen LogP contribution in [0.25, 0.3) is 0 Å². The van der Waals surface area contributed by atoms with E-state index in [1.807, 2.05) is 45.0 Å². The fourth-order valence-electron chi connectivity index (χ4n) is 1.95. The highest BCUT2D eigenvalue weighted by Gasteiger charge is 2.16. The second kappa shape index (κ2) is 9.47. The van der Waals surface area contributed by atoms with Crippen LogP contribution in [0.15, 0.2) is 29.4 Å². The quantitative estimate of drug-likeness (QED) is 0.310. The van der Waals surface area contributed by atoms with Crippen LogP contribution < -0.4 is 10.2 Å². The maximum Gasteiger partial charge on any atom is 0.241 e. The summed E-state index contributed by atoms with van der Waals surface area (Å²) in [4.78, 5) is 22.6.